The molecule has 2 aromatic heterocycles. The molecule has 4 nitrogen and oxygen atoms in total. The van der Waals surface area contributed by atoms with Crippen LogP contribution in [0.5, 0.6) is 5.75 Å². The summed E-state index contributed by atoms with van der Waals surface area (Å²) in [5.41, 5.74) is 2.59. The number of benzene rings is 1. The molecular weight excluding hydrogens is 274 g/mol. The molecule has 0 bridgehead atoms. The summed E-state index contributed by atoms with van der Waals surface area (Å²) in [7, 11) is 0. The average Bonchev–Trinajstić information content (AvgIpc) is 2.86. The summed E-state index contributed by atoms with van der Waals surface area (Å²) in [5, 5.41) is 0. The summed E-state index contributed by atoms with van der Waals surface area (Å²) in [6.07, 6.45) is 1.75. The fourth-order valence-electron chi connectivity index (χ4n) is 2.20. The predicted octanol–water partition coefficient (Wildman–Crippen LogP) is 3.56. The zero-order valence-electron chi connectivity index (χ0n) is 11.1. The summed E-state index contributed by atoms with van der Waals surface area (Å²) in [6.45, 7) is 2.60. The molecule has 2 heterocycles. The van der Waals surface area contributed by atoms with Crippen LogP contribution in [0.2, 0.25) is 0 Å². The first kappa shape index (κ1) is 12.9. The highest BCUT2D eigenvalue weighted by atomic mass is 35.5. The van der Waals surface area contributed by atoms with Gasteiger partial charge >= 0.3 is 0 Å². The monoisotopic (exact) mass is 287 g/mol. The third kappa shape index (κ3) is 2.23. The van der Waals surface area contributed by atoms with Crippen molar-refractivity contribution in [2.75, 3.05) is 6.61 Å². The smallest absolute Gasteiger partial charge is 0.164 e. The normalized spacial score (nSPS) is 10.9. The maximum atomic E-state index is 6.01. The fraction of sp³-hybridized carbons (Fsp3) is 0.200. The Morgan fingerprint density at radius 3 is 2.95 bits per heavy atom. The van der Waals surface area contributed by atoms with E-state index in [2.05, 4.69) is 9.97 Å². The molecule has 0 aliphatic heterocycles. The zero-order chi connectivity index (χ0) is 13.9. The number of nitrogens with zero attached hydrogens (tertiary/aromatic N) is 3. The van der Waals surface area contributed by atoms with Gasteiger partial charge in [0, 0.05) is 12.3 Å². The minimum absolute atomic E-state index is 0.329. The number of halogens is 1. The van der Waals surface area contributed by atoms with E-state index in [0.29, 0.717) is 12.5 Å². The summed E-state index contributed by atoms with van der Waals surface area (Å²) in [4.78, 5) is 8.91. The highest BCUT2D eigenvalue weighted by Gasteiger charge is 2.12. The number of pyridine rings is 1. The molecule has 0 atom stereocenters. The lowest BCUT2D eigenvalue weighted by Crippen LogP contribution is -2.01. The van der Waals surface area contributed by atoms with Gasteiger partial charge in [-0.05, 0) is 31.2 Å². The molecule has 3 rings (SSSR count). The number of fused-ring (bicyclic) bond motifs is 1. The van der Waals surface area contributed by atoms with Gasteiger partial charge in [0.1, 0.15) is 17.1 Å². The second-order valence-corrected chi connectivity index (χ2v) is 4.54. The Labute approximate surface area is 122 Å². The van der Waals surface area contributed by atoms with Crippen LogP contribution in [-0.2, 0) is 5.88 Å². The van der Waals surface area contributed by atoms with E-state index in [-0.39, 0.29) is 0 Å². The lowest BCUT2D eigenvalue weighted by molar-refractivity contribution is 0.340. The number of aromatic nitrogens is 3. The standard InChI is InChI=1S/C15H14ClN3O/c1-2-20-12-6-3-5-11(9-12)19-14(10-16)18-13-7-4-8-17-15(13)19/h3-9H,2,10H2,1H3. The Bertz CT molecular complexity index is 739. The molecule has 0 N–H and O–H groups in total. The number of imidazole rings is 1. The Balaban J connectivity index is 2.20. The molecule has 0 saturated carbocycles. The lowest BCUT2D eigenvalue weighted by atomic mass is 10.3. The van der Waals surface area contributed by atoms with Crippen LogP contribution in [0.25, 0.3) is 16.9 Å². The van der Waals surface area contributed by atoms with Crippen LogP contribution in [0.3, 0.4) is 0 Å². The van der Waals surface area contributed by atoms with Gasteiger partial charge in [0.15, 0.2) is 5.65 Å². The van der Waals surface area contributed by atoms with E-state index in [1.165, 1.54) is 0 Å². The molecule has 0 saturated heterocycles. The first-order valence-corrected chi connectivity index (χ1v) is 6.98. The maximum absolute atomic E-state index is 6.01. The first-order chi connectivity index (χ1) is 9.83. The molecule has 20 heavy (non-hydrogen) atoms. The Morgan fingerprint density at radius 2 is 2.15 bits per heavy atom. The third-order valence-electron chi connectivity index (χ3n) is 2.99. The van der Waals surface area contributed by atoms with Gasteiger partial charge in [0.25, 0.3) is 0 Å². The molecule has 0 spiro atoms. The molecule has 0 aliphatic rings. The van der Waals surface area contributed by atoms with E-state index in [1.54, 1.807) is 6.20 Å². The van der Waals surface area contributed by atoms with Crippen LogP contribution < -0.4 is 4.74 Å². The van der Waals surface area contributed by atoms with Crippen molar-refractivity contribution in [1.82, 2.24) is 14.5 Å². The number of alkyl halides is 1. The van der Waals surface area contributed by atoms with Crippen LogP contribution in [0, 0.1) is 0 Å². The highest BCUT2D eigenvalue weighted by Crippen LogP contribution is 2.23. The molecule has 5 heteroatoms. The van der Waals surface area contributed by atoms with Crippen LogP contribution in [0.4, 0.5) is 0 Å². The minimum Gasteiger partial charge on any atom is -0.494 e. The van der Waals surface area contributed by atoms with E-state index in [9.17, 15) is 0 Å². The van der Waals surface area contributed by atoms with Crippen LogP contribution in [-0.4, -0.2) is 21.1 Å². The molecule has 0 aliphatic carbocycles. The second-order valence-electron chi connectivity index (χ2n) is 4.27. The number of rotatable bonds is 4. The maximum Gasteiger partial charge on any atom is 0.164 e. The second kappa shape index (κ2) is 5.51. The van der Waals surface area contributed by atoms with E-state index >= 15 is 0 Å². The molecule has 3 aromatic rings. The van der Waals surface area contributed by atoms with Crippen molar-refractivity contribution in [2.45, 2.75) is 12.8 Å². The van der Waals surface area contributed by atoms with Crippen molar-refractivity contribution in [3.63, 3.8) is 0 Å². The van der Waals surface area contributed by atoms with Gasteiger partial charge in [0.05, 0.1) is 18.2 Å². The molecule has 102 valence electrons. The largest absolute Gasteiger partial charge is 0.494 e. The third-order valence-corrected chi connectivity index (χ3v) is 3.23. The van der Waals surface area contributed by atoms with Crippen molar-refractivity contribution in [3.8, 4) is 11.4 Å². The number of hydrogen-bond acceptors (Lipinski definition) is 3. The van der Waals surface area contributed by atoms with Crippen LogP contribution >= 0.6 is 11.6 Å². The highest BCUT2D eigenvalue weighted by molar-refractivity contribution is 6.16. The van der Waals surface area contributed by atoms with E-state index < -0.39 is 0 Å². The summed E-state index contributed by atoms with van der Waals surface area (Å²) in [5.74, 6) is 1.92. The van der Waals surface area contributed by atoms with Crippen molar-refractivity contribution < 1.29 is 4.74 Å². The average molecular weight is 288 g/mol. The topological polar surface area (TPSA) is 39.9 Å². The molecule has 1 aromatic carbocycles. The van der Waals surface area contributed by atoms with Crippen LogP contribution in [0.1, 0.15) is 12.7 Å². The van der Waals surface area contributed by atoms with Gasteiger partial charge in [-0.25, -0.2) is 9.97 Å². The Morgan fingerprint density at radius 1 is 1.25 bits per heavy atom. The Hall–Kier alpha value is -2.07. The van der Waals surface area contributed by atoms with Crippen LogP contribution in [0.15, 0.2) is 42.6 Å². The van der Waals surface area contributed by atoms with Gasteiger partial charge in [-0.2, -0.15) is 0 Å². The van der Waals surface area contributed by atoms with Crippen molar-refractivity contribution in [1.29, 1.82) is 0 Å². The summed E-state index contributed by atoms with van der Waals surface area (Å²) < 4.78 is 7.51. The Kier molecular flexibility index (Phi) is 3.56. The van der Waals surface area contributed by atoms with E-state index in [0.717, 1.165) is 28.4 Å². The minimum atomic E-state index is 0.329. The number of hydrogen-bond donors (Lipinski definition) is 0. The van der Waals surface area contributed by atoms with E-state index in [4.69, 9.17) is 16.3 Å². The molecule has 0 fully saturated rings. The van der Waals surface area contributed by atoms with Gasteiger partial charge < -0.3 is 4.74 Å². The van der Waals surface area contributed by atoms with Gasteiger partial charge in [0.2, 0.25) is 0 Å². The summed E-state index contributed by atoms with van der Waals surface area (Å²) in [6, 6.07) is 11.6. The van der Waals surface area contributed by atoms with Crippen molar-refractivity contribution in [2.24, 2.45) is 0 Å². The van der Waals surface area contributed by atoms with Crippen molar-refractivity contribution in [3.05, 3.63) is 48.4 Å². The van der Waals surface area contributed by atoms with E-state index in [1.807, 2.05) is 47.9 Å². The number of ether oxygens (including phenoxy) is 1. The fourth-order valence-corrected chi connectivity index (χ4v) is 2.38. The zero-order valence-corrected chi connectivity index (χ0v) is 11.8. The summed E-state index contributed by atoms with van der Waals surface area (Å²) >= 11 is 6.01. The molecular formula is C15H14ClN3O. The molecule has 0 radical (unpaired) electrons. The first-order valence-electron chi connectivity index (χ1n) is 6.45. The molecule has 0 unspecified atom stereocenters. The molecule has 0 amide bonds. The predicted molar refractivity (Wildman–Crippen MR) is 79.6 cm³/mol. The van der Waals surface area contributed by atoms with Gasteiger partial charge in [-0.3, -0.25) is 4.57 Å². The van der Waals surface area contributed by atoms with Gasteiger partial charge in [-0.15, -0.1) is 11.6 Å². The SMILES string of the molecule is CCOc1cccc(-n2c(CCl)nc3cccnc32)c1. The quantitative estimate of drug-likeness (QED) is 0.689. The lowest BCUT2D eigenvalue weighted by Gasteiger charge is -2.09. The van der Waals surface area contributed by atoms with Crippen molar-refractivity contribution >= 4 is 22.8 Å². The van der Waals surface area contributed by atoms with Gasteiger partial charge in [-0.1, -0.05) is 6.07 Å².